The van der Waals surface area contributed by atoms with Crippen LogP contribution in [0.5, 0.6) is 0 Å². The number of hydrogen-bond acceptors (Lipinski definition) is 6. The first-order valence-electron chi connectivity index (χ1n) is 9.58. The van der Waals surface area contributed by atoms with Gasteiger partial charge in [-0.15, -0.1) is 0 Å². The minimum absolute atomic E-state index is 0.213. The zero-order valence-electron chi connectivity index (χ0n) is 14.9. The summed E-state index contributed by atoms with van der Waals surface area (Å²) in [4.78, 5) is 13.0. The van der Waals surface area contributed by atoms with E-state index in [1.165, 1.54) is 51.4 Å². The van der Waals surface area contributed by atoms with Gasteiger partial charge in [0.15, 0.2) is 0 Å². The lowest BCUT2D eigenvalue weighted by atomic mass is 10.0. The Hall–Kier alpha value is -1.14. The number of nitrogens with zero attached hydrogens (tertiary/aromatic N) is 4. The summed E-state index contributed by atoms with van der Waals surface area (Å²) < 4.78 is 0. The second kappa shape index (κ2) is 11.4. The van der Waals surface area contributed by atoms with Gasteiger partial charge in [-0.05, 0) is 12.8 Å². The Kier molecular flexibility index (Phi) is 9.13. The molecule has 138 valence electrons. The predicted molar refractivity (Wildman–Crippen MR) is 98.8 cm³/mol. The van der Waals surface area contributed by atoms with Crippen LogP contribution in [0, 0.1) is 0 Å². The molecule has 2 atom stereocenters. The van der Waals surface area contributed by atoms with E-state index in [4.69, 9.17) is 10.2 Å². The van der Waals surface area contributed by atoms with Crippen molar-refractivity contribution >= 4 is 12.7 Å². The molecule has 24 heavy (non-hydrogen) atoms. The van der Waals surface area contributed by atoms with Gasteiger partial charge in [0.05, 0.1) is 39.0 Å². The molecule has 0 saturated carbocycles. The molecule has 6 heteroatoms. The van der Waals surface area contributed by atoms with Crippen LogP contribution in [0.15, 0.2) is 9.98 Å². The molecule has 6 nitrogen and oxygen atoms in total. The molecule has 0 fully saturated rings. The Morgan fingerprint density at radius 1 is 0.708 bits per heavy atom. The number of unbranched alkanes of at least 4 members (excludes halogenated alkanes) is 5. The average molecular weight is 338 g/mol. The van der Waals surface area contributed by atoms with Gasteiger partial charge < -0.3 is 20.0 Å². The fraction of sp³-hybridized carbons (Fsp3) is 0.889. The minimum atomic E-state index is 0.213. The maximum Gasteiger partial charge on any atom is 0.0854 e. The van der Waals surface area contributed by atoms with Gasteiger partial charge in [-0.25, -0.2) is 0 Å². The maximum atomic E-state index is 9.03. The molecule has 2 rings (SSSR count). The first-order valence-corrected chi connectivity index (χ1v) is 9.58. The van der Waals surface area contributed by atoms with Crippen LogP contribution in [0.2, 0.25) is 0 Å². The third kappa shape index (κ3) is 6.40. The summed E-state index contributed by atoms with van der Waals surface area (Å²) >= 11 is 0. The van der Waals surface area contributed by atoms with Crippen LogP contribution in [0.3, 0.4) is 0 Å². The van der Waals surface area contributed by atoms with E-state index in [0.717, 1.165) is 13.1 Å². The zero-order valence-corrected chi connectivity index (χ0v) is 14.9. The summed E-state index contributed by atoms with van der Waals surface area (Å²) in [6, 6.07) is 1.02. The minimum Gasteiger partial charge on any atom is -0.395 e. The predicted octanol–water partition coefficient (Wildman–Crippen LogP) is 1.52. The van der Waals surface area contributed by atoms with Gasteiger partial charge in [0.1, 0.15) is 0 Å². The monoisotopic (exact) mass is 338 g/mol. The van der Waals surface area contributed by atoms with Gasteiger partial charge in [0.2, 0.25) is 0 Å². The summed E-state index contributed by atoms with van der Waals surface area (Å²) in [6.45, 7) is 3.65. The molecule has 2 heterocycles. The van der Waals surface area contributed by atoms with Crippen molar-refractivity contribution in [1.82, 2.24) is 9.80 Å². The normalized spacial score (nSPS) is 22.9. The molecule has 0 radical (unpaired) electrons. The standard InChI is InChI=1S/C18H34N4O2/c23-11-9-21-15-19-13-17(21)7-5-3-1-2-4-6-8-18-14-20-16-22(18)10-12-24/h15-18,23-24H,1-14H2. The van der Waals surface area contributed by atoms with E-state index in [2.05, 4.69) is 19.8 Å². The summed E-state index contributed by atoms with van der Waals surface area (Å²) in [7, 11) is 0. The number of aliphatic imine (C=N–C) groups is 2. The maximum absolute atomic E-state index is 9.03. The van der Waals surface area contributed by atoms with E-state index in [-0.39, 0.29) is 13.2 Å². The summed E-state index contributed by atoms with van der Waals surface area (Å²) in [5.41, 5.74) is 0. The van der Waals surface area contributed by atoms with E-state index in [0.29, 0.717) is 25.2 Å². The molecule has 0 saturated heterocycles. The SMILES string of the molecule is OCCN1C=NCC1CCCCCCCCC1CN=CN1CCO. The highest BCUT2D eigenvalue weighted by Crippen LogP contribution is 2.17. The molecule has 2 unspecified atom stereocenters. The first kappa shape index (κ1) is 19.2. The Morgan fingerprint density at radius 2 is 1.12 bits per heavy atom. The van der Waals surface area contributed by atoms with Crippen LogP contribution in [-0.2, 0) is 0 Å². The van der Waals surface area contributed by atoms with Gasteiger partial charge in [-0.2, -0.15) is 0 Å². The molecule has 0 spiro atoms. The van der Waals surface area contributed by atoms with E-state index < -0.39 is 0 Å². The van der Waals surface area contributed by atoms with Gasteiger partial charge in [0, 0.05) is 25.2 Å². The third-order valence-corrected chi connectivity index (χ3v) is 5.07. The molecular weight excluding hydrogens is 304 g/mol. The highest BCUT2D eigenvalue weighted by Gasteiger charge is 2.19. The molecule has 2 N–H and O–H groups in total. The van der Waals surface area contributed by atoms with Gasteiger partial charge in [-0.3, -0.25) is 9.98 Å². The third-order valence-electron chi connectivity index (χ3n) is 5.07. The van der Waals surface area contributed by atoms with Crippen molar-refractivity contribution in [3.63, 3.8) is 0 Å². The lowest BCUT2D eigenvalue weighted by molar-refractivity contribution is 0.225. The van der Waals surface area contributed by atoms with Crippen molar-refractivity contribution in [2.75, 3.05) is 39.4 Å². The van der Waals surface area contributed by atoms with Crippen LogP contribution in [0.25, 0.3) is 0 Å². The van der Waals surface area contributed by atoms with Crippen molar-refractivity contribution in [3.8, 4) is 0 Å². The Morgan fingerprint density at radius 3 is 1.54 bits per heavy atom. The first-order chi connectivity index (χ1) is 11.8. The lowest BCUT2D eigenvalue weighted by Crippen LogP contribution is -2.33. The molecule has 0 aromatic rings. The zero-order chi connectivity index (χ0) is 17.0. The van der Waals surface area contributed by atoms with Crippen molar-refractivity contribution in [3.05, 3.63) is 0 Å². The highest BCUT2D eigenvalue weighted by molar-refractivity contribution is 5.58. The summed E-state index contributed by atoms with van der Waals surface area (Å²) in [5.74, 6) is 0. The summed E-state index contributed by atoms with van der Waals surface area (Å²) in [6.07, 6.45) is 13.9. The Bertz CT molecular complexity index is 353. The number of rotatable bonds is 13. The van der Waals surface area contributed by atoms with E-state index in [1.807, 2.05) is 12.7 Å². The number of β-amino-alcohol motifs (C(OH)–C–C–N with tert-alkyl or cyclic N) is 2. The van der Waals surface area contributed by atoms with Gasteiger partial charge in [0.25, 0.3) is 0 Å². The molecule has 0 aliphatic carbocycles. The lowest BCUT2D eigenvalue weighted by Gasteiger charge is -2.23. The average Bonchev–Trinajstić information content (AvgIpc) is 3.20. The number of hydrogen-bond donors (Lipinski definition) is 2. The molecule has 0 bridgehead atoms. The van der Waals surface area contributed by atoms with Gasteiger partial charge in [-0.1, -0.05) is 38.5 Å². The molecule has 0 aromatic carbocycles. The van der Waals surface area contributed by atoms with Crippen molar-refractivity contribution in [2.24, 2.45) is 9.98 Å². The van der Waals surface area contributed by atoms with Crippen LogP contribution in [0.4, 0.5) is 0 Å². The molecule has 2 aliphatic rings. The van der Waals surface area contributed by atoms with Crippen molar-refractivity contribution < 1.29 is 10.2 Å². The van der Waals surface area contributed by atoms with Crippen LogP contribution < -0.4 is 0 Å². The smallest absolute Gasteiger partial charge is 0.0854 e. The fourth-order valence-electron chi connectivity index (χ4n) is 3.64. The van der Waals surface area contributed by atoms with E-state index in [1.54, 1.807) is 0 Å². The van der Waals surface area contributed by atoms with Crippen LogP contribution in [0.1, 0.15) is 51.4 Å². The van der Waals surface area contributed by atoms with Crippen molar-refractivity contribution in [2.45, 2.75) is 63.5 Å². The molecular formula is C18H34N4O2. The van der Waals surface area contributed by atoms with Crippen LogP contribution >= 0.6 is 0 Å². The molecule has 0 aromatic heterocycles. The Labute approximate surface area is 146 Å². The summed E-state index contributed by atoms with van der Waals surface area (Å²) in [5, 5.41) is 18.1. The topological polar surface area (TPSA) is 71.7 Å². The highest BCUT2D eigenvalue weighted by atomic mass is 16.3. The van der Waals surface area contributed by atoms with E-state index in [9.17, 15) is 0 Å². The number of aliphatic hydroxyl groups excluding tert-OH is 2. The molecule has 2 aliphatic heterocycles. The second-order valence-corrected chi connectivity index (χ2v) is 6.89. The number of aliphatic hydroxyl groups is 2. The fourth-order valence-corrected chi connectivity index (χ4v) is 3.64. The van der Waals surface area contributed by atoms with Crippen LogP contribution in [-0.4, -0.2) is 84.2 Å². The molecule has 0 amide bonds. The van der Waals surface area contributed by atoms with E-state index >= 15 is 0 Å². The largest absolute Gasteiger partial charge is 0.395 e. The quantitative estimate of drug-likeness (QED) is 0.500. The van der Waals surface area contributed by atoms with Crippen molar-refractivity contribution in [1.29, 1.82) is 0 Å². The Balaban J connectivity index is 1.42. The van der Waals surface area contributed by atoms with Gasteiger partial charge >= 0.3 is 0 Å². The second-order valence-electron chi connectivity index (χ2n) is 6.89.